The summed E-state index contributed by atoms with van der Waals surface area (Å²) in [6.45, 7) is -3.20. The monoisotopic (exact) mass is 439 g/mol. The molecule has 12 heteroatoms. The predicted octanol–water partition coefficient (Wildman–Crippen LogP) is 4.61. The number of hydrogen-bond acceptors (Lipinski definition) is 7. The summed E-state index contributed by atoms with van der Waals surface area (Å²) in [6.07, 6.45) is 2.12. The molecule has 156 valence electrons. The first-order valence-corrected chi connectivity index (χ1v) is 8.95. The molecule has 0 bridgehead atoms. The summed E-state index contributed by atoms with van der Waals surface area (Å²) in [5, 5.41) is 13.9. The average molecular weight is 439 g/mol. The topological polar surface area (TPSA) is 104 Å². The highest BCUT2D eigenvalue weighted by molar-refractivity contribution is 7.22. The van der Waals surface area contributed by atoms with Gasteiger partial charge in [0.25, 0.3) is 5.69 Å². The fraction of sp³-hybridized carbons (Fsp3) is 0.111. The molecule has 0 aliphatic carbocycles. The molecule has 1 amide bonds. The van der Waals surface area contributed by atoms with E-state index in [4.69, 9.17) is 4.74 Å². The van der Waals surface area contributed by atoms with E-state index in [0.717, 1.165) is 35.6 Å². The number of nitrogens with zero attached hydrogens (tertiary/aromatic N) is 2. The van der Waals surface area contributed by atoms with E-state index in [9.17, 15) is 28.1 Å². The van der Waals surface area contributed by atoms with Crippen LogP contribution in [0.15, 0.2) is 36.4 Å². The van der Waals surface area contributed by atoms with Gasteiger partial charge >= 0.3 is 6.61 Å². The van der Waals surface area contributed by atoms with Crippen LogP contribution < -0.4 is 14.8 Å². The molecule has 3 aromatic rings. The molecule has 0 saturated carbocycles. The van der Waals surface area contributed by atoms with E-state index < -0.39 is 34.7 Å². The van der Waals surface area contributed by atoms with Crippen molar-refractivity contribution >= 4 is 44.4 Å². The van der Waals surface area contributed by atoms with Crippen molar-refractivity contribution in [3.05, 3.63) is 57.9 Å². The van der Waals surface area contributed by atoms with Gasteiger partial charge in [-0.25, -0.2) is 9.37 Å². The van der Waals surface area contributed by atoms with Gasteiger partial charge in [0.15, 0.2) is 16.6 Å². The van der Waals surface area contributed by atoms with Crippen LogP contribution in [0.5, 0.6) is 11.5 Å². The number of anilines is 1. The van der Waals surface area contributed by atoms with Crippen molar-refractivity contribution in [2.24, 2.45) is 0 Å². The molecule has 0 spiro atoms. The number of nitro groups is 1. The van der Waals surface area contributed by atoms with Crippen molar-refractivity contribution in [1.29, 1.82) is 0 Å². The van der Waals surface area contributed by atoms with Crippen LogP contribution in [0.25, 0.3) is 16.3 Å². The van der Waals surface area contributed by atoms with Crippen molar-refractivity contribution in [1.82, 2.24) is 4.98 Å². The van der Waals surface area contributed by atoms with Crippen LogP contribution in [0, 0.1) is 15.9 Å². The van der Waals surface area contributed by atoms with Crippen LogP contribution >= 0.6 is 11.3 Å². The van der Waals surface area contributed by atoms with Gasteiger partial charge in [-0.05, 0) is 30.3 Å². The molecule has 0 aliphatic heterocycles. The smallest absolute Gasteiger partial charge is 0.387 e. The van der Waals surface area contributed by atoms with Crippen molar-refractivity contribution in [3.8, 4) is 11.5 Å². The van der Waals surface area contributed by atoms with Crippen molar-refractivity contribution < 1.29 is 32.4 Å². The third-order valence-electron chi connectivity index (χ3n) is 3.72. The van der Waals surface area contributed by atoms with E-state index in [2.05, 4.69) is 15.0 Å². The number of carbonyl (C=O) groups is 1. The Hall–Kier alpha value is -3.67. The van der Waals surface area contributed by atoms with Gasteiger partial charge in [0, 0.05) is 6.08 Å². The van der Waals surface area contributed by atoms with Gasteiger partial charge in [-0.15, -0.1) is 0 Å². The first-order chi connectivity index (χ1) is 14.3. The number of thiazole rings is 1. The van der Waals surface area contributed by atoms with Crippen LogP contribution in [0.2, 0.25) is 0 Å². The first kappa shape index (κ1) is 21.0. The summed E-state index contributed by atoms with van der Waals surface area (Å²) >= 11 is 1.05. The minimum Gasteiger partial charge on any atom is -0.493 e. The third kappa shape index (κ3) is 4.84. The zero-order valence-electron chi connectivity index (χ0n) is 15.1. The Kier molecular flexibility index (Phi) is 6.16. The molecular weight excluding hydrogens is 427 g/mol. The number of fused-ring (bicyclic) bond motifs is 1. The van der Waals surface area contributed by atoms with E-state index >= 15 is 0 Å². The fourth-order valence-electron chi connectivity index (χ4n) is 2.47. The van der Waals surface area contributed by atoms with Gasteiger partial charge in [0.2, 0.25) is 5.91 Å². The number of methoxy groups -OCH3 is 1. The van der Waals surface area contributed by atoms with Crippen molar-refractivity contribution in [2.45, 2.75) is 6.61 Å². The van der Waals surface area contributed by atoms with E-state index in [-0.39, 0.29) is 16.4 Å². The highest BCUT2D eigenvalue weighted by Gasteiger charge is 2.20. The Morgan fingerprint density at radius 1 is 1.30 bits per heavy atom. The molecule has 0 fully saturated rings. The van der Waals surface area contributed by atoms with Gasteiger partial charge in [-0.3, -0.25) is 20.2 Å². The summed E-state index contributed by atoms with van der Waals surface area (Å²) in [7, 11) is 1.18. The Bertz CT molecular complexity index is 1150. The van der Waals surface area contributed by atoms with E-state index in [0.29, 0.717) is 10.2 Å². The number of nitrogens with one attached hydrogen (secondary N) is 1. The molecule has 0 atom stereocenters. The number of benzene rings is 2. The lowest BCUT2D eigenvalue weighted by atomic mass is 10.1. The molecule has 1 aromatic heterocycles. The zero-order chi connectivity index (χ0) is 21.8. The van der Waals surface area contributed by atoms with Crippen molar-refractivity contribution in [2.75, 3.05) is 12.4 Å². The molecule has 0 saturated heterocycles. The molecule has 1 N–H and O–H groups in total. The molecular formula is C18H12F3N3O5S. The number of alkyl halides is 2. The maximum absolute atomic E-state index is 13.2. The first-order valence-electron chi connectivity index (χ1n) is 8.13. The number of aromatic nitrogens is 1. The molecule has 2 aromatic carbocycles. The highest BCUT2D eigenvalue weighted by Crippen LogP contribution is 2.36. The number of hydrogen-bond donors (Lipinski definition) is 1. The number of halogens is 3. The lowest BCUT2D eigenvalue weighted by Gasteiger charge is -2.10. The van der Waals surface area contributed by atoms with Crippen LogP contribution in [-0.2, 0) is 4.79 Å². The Morgan fingerprint density at radius 3 is 2.73 bits per heavy atom. The lowest BCUT2D eigenvalue weighted by Crippen LogP contribution is -2.07. The average Bonchev–Trinajstić information content (AvgIpc) is 3.07. The SMILES string of the molecule is COc1cc(/C=C/C(=O)Nc2nc3ccc(F)cc3s2)c([N+](=O)[O-])cc1OC(F)F. The van der Waals surface area contributed by atoms with Gasteiger partial charge in [-0.1, -0.05) is 11.3 Å². The number of rotatable bonds is 7. The minimum atomic E-state index is -3.20. The molecule has 8 nitrogen and oxygen atoms in total. The molecule has 3 rings (SSSR count). The van der Waals surface area contributed by atoms with Gasteiger partial charge in [0.1, 0.15) is 5.82 Å². The van der Waals surface area contributed by atoms with Crippen LogP contribution in [-0.4, -0.2) is 29.5 Å². The summed E-state index contributed by atoms with van der Waals surface area (Å²) in [6, 6.07) is 5.86. The van der Waals surface area contributed by atoms with Gasteiger partial charge in [0.05, 0.1) is 33.9 Å². The van der Waals surface area contributed by atoms with E-state index in [1.54, 1.807) is 0 Å². The standard InChI is InChI=1S/C18H12F3N3O5S/c1-28-13-6-9(12(24(26)27)8-14(13)29-17(20)21)2-5-16(25)23-18-22-11-4-3-10(19)7-15(11)30-18/h2-8,17H,1H3,(H,22,23,25)/b5-2+. The quantitative estimate of drug-likeness (QED) is 0.328. The molecule has 30 heavy (non-hydrogen) atoms. The molecule has 0 radical (unpaired) electrons. The minimum absolute atomic E-state index is 0.0695. The number of carbonyl (C=O) groups excluding carboxylic acids is 1. The summed E-state index contributed by atoms with van der Waals surface area (Å²) < 4.78 is 47.9. The lowest BCUT2D eigenvalue weighted by molar-refractivity contribution is -0.385. The second-order valence-electron chi connectivity index (χ2n) is 5.65. The maximum atomic E-state index is 13.2. The molecule has 0 unspecified atom stereocenters. The number of amides is 1. The van der Waals surface area contributed by atoms with Crippen LogP contribution in [0.1, 0.15) is 5.56 Å². The highest BCUT2D eigenvalue weighted by atomic mass is 32.1. The summed E-state index contributed by atoms with van der Waals surface area (Å²) in [5.74, 6) is -1.78. The summed E-state index contributed by atoms with van der Waals surface area (Å²) in [5.41, 5.74) is -0.137. The molecule has 0 aliphatic rings. The number of nitro benzene ring substituents is 1. The van der Waals surface area contributed by atoms with Gasteiger partial charge in [-0.2, -0.15) is 8.78 Å². The normalized spacial score (nSPS) is 11.2. The van der Waals surface area contributed by atoms with E-state index in [1.807, 2.05) is 0 Å². The van der Waals surface area contributed by atoms with Crippen LogP contribution in [0.4, 0.5) is 24.0 Å². The Labute approximate surface area is 170 Å². The van der Waals surface area contributed by atoms with Crippen molar-refractivity contribution in [3.63, 3.8) is 0 Å². The largest absolute Gasteiger partial charge is 0.493 e. The third-order valence-corrected chi connectivity index (χ3v) is 4.65. The second-order valence-corrected chi connectivity index (χ2v) is 6.68. The van der Waals surface area contributed by atoms with Crippen LogP contribution in [0.3, 0.4) is 0 Å². The number of ether oxygens (including phenoxy) is 2. The Balaban J connectivity index is 1.84. The Morgan fingerprint density at radius 2 is 2.07 bits per heavy atom. The maximum Gasteiger partial charge on any atom is 0.387 e. The van der Waals surface area contributed by atoms with E-state index in [1.165, 1.54) is 25.3 Å². The van der Waals surface area contributed by atoms with Gasteiger partial charge < -0.3 is 9.47 Å². The second kappa shape index (κ2) is 8.78. The fourth-order valence-corrected chi connectivity index (χ4v) is 3.36. The molecule has 1 heterocycles. The zero-order valence-corrected chi connectivity index (χ0v) is 15.9. The predicted molar refractivity (Wildman–Crippen MR) is 104 cm³/mol. The summed E-state index contributed by atoms with van der Waals surface area (Å²) in [4.78, 5) is 26.7.